The summed E-state index contributed by atoms with van der Waals surface area (Å²) >= 11 is 1.70. The summed E-state index contributed by atoms with van der Waals surface area (Å²) in [5.41, 5.74) is 0. The minimum Gasteiger partial charge on any atom is -0.328 e. The maximum Gasteiger partial charge on any atom is 0.317 e. The molecule has 0 aromatic carbocycles. The predicted octanol–water partition coefficient (Wildman–Crippen LogP) is 3.34. The third-order valence-electron chi connectivity index (χ3n) is 4.51. The van der Waals surface area contributed by atoms with Crippen molar-refractivity contribution >= 4 is 17.4 Å². The highest BCUT2D eigenvalue weighted by Crippen LogP contribution is 2.42. The van der Waals surface area contributed by atoms with Gasteiger partial charge in [0.05, 0.1) is 6.04 Å². The van der Waals surface area contributed by atoms with E-state index in [1.165, 1.54) is 30.6 Å². The molecule has 0 spiro atoms. The summed E-state index contributed by atoms with van der Waals surface area (Å²) in [5.74, 6) is 1.28. The van der Waals surface area contributed by atoms with E-state index in [1.807, 2.05) is 18.1 Å². The van der Waals surface area contributed by atoms with Gasteiger partial charge in [0.25, 0.3) is 0 Å². The number of carbonyl (C=O) groups excluding carboxylic acids is 1. The molecule has 0 radical (unpaired) electrons. The van der Waals surface area contributed by atoms with Crippen LogP contribution in [0.2, 0.25) is 0 Å². The van der Waals surface area contributed by atoms with Crippen LogP contribution in [-0.2, 0) is 0 Å². The van der Waals surface area contributed by atoms with E-state index < -0.39 is 0 Å². The van der Waals surface area contributed by atoms with Crippen molar-refractivity contribution in [2.75, 3.05) is 7.05 Å². The smallest absolute Gasteiger partial charge is 0.317 e. The van der Waals surface area contributed by atoms with E-state index in [1.54, 1.807) is 11.3 Å². The second-order valence-electron chi connectivity index (χ2n) is 6.26. The summed E-state index contributed by atoms with van der Waals surface area (Å²) in [7, 11) is 1.91. The molecule has 4 nitrogen and oxygen atoms in total. The average Bonchev–Trinajstić information content (AvgIpc) is 3.32. The lowest BCUT2D eigenvalue weighted by Gasteiger charge is -2.27. The lowest BCUT2D eigenvalue weighted by Crippen LogP contribution is -2.45. The molecule has 1 aromatic heterocycles. The van der Waals surface area contributed by atoms with Gasteiger partial charge in [0, 0.05) is 24.2 Å². The zero-order chi connectivity index (χ0) is 14.3. The molecule has 0 saturated heterocycles. The zero-order valence-electron chi connectivity index (χ0n) is 12.4. The highest BCUT2D eigenvalue weighted by Gasteiger charge is 2.37. The van der Waals surface area contributed by atoms with Gasteiger partial charge < -0.3 is 10.2 Å². The number of hydrogen-bond acceptors (Lipinski definition) is 3. The first-order valence-corrected chi connectivity index (χ1v) is 8.33. The largest absolute Gasteiger partial charge is 0.328 e. The quantitative estimate of drug-likeness (QED) is 0.905. The number of nitrogens with zero attached hydrogens (tertiary/aromatic N) is 2. The maximum atomic E-state index is 12.4. The molecule has 2 saturated carbocycles. The molecule has 5 heteroatoms. The van der Waals surface area contributed by atoms with E-state index >= 15 is 0 Å². The third-order valence-corrected chi connectivity index (χ3v) is 5.51. The Bertz CT molecular complexity index is 493. The molecule has 0 unspecified atom stereocenters. The first kappa shape index (κ1) is 13.9. The van der Waals surface area contributed by atoms with Crippen LogP contribution in [0.25, 0.3) is 0 Å². The Morgan fingerprint density at radius 3 is 2.55 bits per heavy atom. The first-order valence-electron chi connectivity index (χ1n) is 7.52. The van der Waals surface area contributed by atoms with Gasteiger partial charge in [-0.05, 0) is 51.4 Å². The number of urea groups is 1. The van der Waals surface area contributed by atoms with Crippen molar-refractivity contribution in [1.82, 2.24) is 15.2 Å². The Balaban J connectivity index is 1.65. The van der Waals surface area contributed by atoms with Crippen LogP contribution in [0.4, 0.5) is 4.79 Å². The molecule has 2 fully saturated rings. The highest BCUT2D eigenvalue weighted by atomic mass is 32.1. The Hall–Kier alpha value is -1.10. The average molecular weight is 293 g/mol. The number of amides is 2. The molecule has 2 amide bonds. The third kappa shape index (κ3) is 2.97. The fraction of sp³-hybridized carbons (Fsp3) is 0.733. The first-order chi connectivity index (χ1) is 9.56. The van der Waals surface area contributed by atoms with E-state index in [0.29, 0.717) is 17.9 Å². The van der Waals surface area contributed by atoms with Gasteiger partial charge in [0.15, 0.2) is 0 Å². The van der Waals surface area contributed by atoms with E-state index in [9.17, 15) is 4.79 Å². The second kappa shape index (κ2) is 5.35. The van der Waals surface area contributed by atoms with E-state index in [2.05, 4.69) is 24.1 Å². The molecule has 2 aliphatic carbocycles. The van der Waals surface area contributed by atoms with Crippen LogP contribution >= 0.6 is 11.3 Å². The minimum absolute atomic E-state index is 0.0501. The van der Waals surface area contributed by atoms with Crippen molar-refractivity contribution in [1.29, 1.82) is 0 Å². The number of hydrogen-bond donors (Lipinski definition) is 1. The molecule has 20 heavy (non-hydrogen) atoms. The molecule has 1 heterocycles. The van der Waals surface area contributed by atoms with Crippen molar-refractivity contribution in [3.05, 3.63) is 16.1 Å². The van der Waals surface area contributed by atoms with Crippen LogP contribution in [0.1, 0.15) is 48.5 Å². The van der Waals surface area contributed by atoms with E-state index in [4.69, 9.17) is 0 Å². The Kier molecular flexibility index (Phi) is 3.71. The minimum atomic E-state index is 0.0501. The van der Waals surface area contributed by atoms with Crippen molar-refractivity contribution < 1.29 is 4.79 Å². The van der Waals surface area contributed by atoms with Crippen LogP contribution in [0, 0.1) is 18.8 Å². The maximum absolute atomic E-state index is 12.4. The predicted molar refractivity (Wildman–Crippen MR) is 80.8 cm³/mol. The molecular formula is C15H23N3OS. The molecular weight excluding hydrogens is 270 g/mol. The van der Waals surface area contributed by atoms with Crippen LogP contribution < -0.4 is 5.32 Å². The number of thiazole rings is 1. The summed E-state index contributed by atoms with van der Waals surface area (Å²) in [6.45, 7) is 4.21. The number of rotatable bonds is 5. The van der Waals surface area contributed by atoms with Gasteiger partial charge in [-0.1, -0.05) is 0 Å². The number of nitrogens with one attached hydrogen (secondary N) is 1. The Morgan fingerprint density at radius 2 is 2.05 bits per heavy atom. The summed E-state index contributed by atoms with van der Waals surface area (Å²) < 4.78 is 0. The molecule has 0 bridgehead atoms. The van der Waals surface area contributed by atoms with Gasteiger partial charge in [-0.25, -0.2) is 9.78 Å². The standard InChI is InChI=1S/C15H23N3OS/c1-9-8-16-14(20-9)13(12-6-7-12)17-15(19)18(3)10(2)11-4-5-11/h8,10-13H,4-7H2,1-3H3,(H,17,19)/t10-,13-/m0/s1. The van der Waals surface area contributed by atoms with E-state index in [0.717, 1.165) is 5.01 Å². The summed E-state index contributed by atoms with van der Waals surface area (Å²) in [6.07, 6.45) is 6.82. The van der Waals surface area contributed by atoms with Crippen molar-refractivity contribution in [2.45, 2.75) is 51.6 Å². The van der Waals surface area contributed by atoms with Crippen LogP contribution in [0.5, 0.6) is 0 Å². The second-order valence-corrected chi connectivity index (χ2v) is 7.53. The van der Waals surface area contributed by atoms with Crippen LogP contribution in [0.3, 0.4) is 0 Å². The fourth-order valence-corrected chi connectivity index (χ4v) is 3.56. The van der Waals surface area contributed by atoms with Gasteiger partial charge in [0.2, 0.25) is 0 Å². The van der Waals surface area contributed by atoms with Gasteiger partial charge >= 0.3 is 6.03 Å². The number of carbonyl (C=O) groups is 1. The molecule has 2 aliphatic rings. The van der Waals surface area contributed by atoms with Crippen molar-refractivity contribution in [3.8, 4) is 0 Å². The van der Waals surface area contributed by atoms with Gasteiger partial charge in [-0.2, -0.15) is 0 Å². The van der Waals surface area contributed by atoms with Gasteiger partial charge in [-0.3, -0.25) is 0 Å². The van der Waals surface area contributed by atoms with Crippen LogP contribution in [0.15, 0.2) is 6.20 Å². The van der Waals surface area contributed by atoms with Gasteiger partial charge in [-0.15, -0.1) is 11.3 Å². The van der Waals surface area contributed by atoms with Crippen molar-refractivity contribution in [3.63, 3.8) is 0 Å². The molecule has 3 rings (SSSR count). The topological polar surface area (TPSA) is 45.2 Å². The highest BCUT2D eigenvalue weighted by molar-refractivity contribution is 7.11. The molecule has 0 aliphatic heterocycles. The molecule has 2 atom stereocenters. The SMILES string of the molecule is Cc1cnc([C@@H](NC(=O)N(C)[C@@H](C)C2CC2)C2CC2)s1. The summed E-state index contributed by atoms with van der Waals surface area (Å²) in [4.78, 5) is 20.0. The molecule has 110 valence electrons. The normalized spacial score (nSPS) is 21.4. The Morgan fingerprint density at radius 1 is 1.40 bits per heavy atom. The summed E-state index contributed by atoms with van der Waals surface area (Å²) in [5, 5.41) is 4.27. The fourth-order valence-electron chi connectivity index (χ4n) is 2.64. The van der Waals surface area contributed by atoms with Gasteiger partial charge in [0.1, 0.15) is 5.01 Å². The van der Waals surface area contributed by atoms with Crippen LogP contribution in [-0.4, -0.2) is 29.0 Å². The number of aromatic nitrogens is 1. The Labute approximate surface area is 124 Å². The summed E-state index contributed by atoms with van der Waals surface area (Å²) in [6, 6.07) is 0.497. The van der Waals surface area contributed by atoms with E-state index in [-0.39, 0.29) is 12.1 Å². The lowest BCUT2D eigenvalue weighted by molar-refractivity contribution is 0.182. The number of aryl methyl sites for hydroxylation is 1. The zero-order valence-corrected chi connectivity index (χ0v) is 13.2. The molecule has 1 N–H and O–H groups in total. The van der Waals surface area contributed by atoms with Crippen molar-refractivity contribution in [2.24, 2.45) is 11.8 Å². The lowest BCUT2D eigenvalue weighted by atomic mass is 10.2. The molecule has 1 aromatic rings. The monoisotopic (exact) mass is 293 g/mol.